The van der Waals surface area contributed by atoms with Gasteiger partial charge in [-0.05, 0) is 131 Å². The second-order valence-corrected chi connectivity index (χ2v) is 14.3. The van der Waals surface area contributed by atoms with Crippen molar-refractivity contribution in [3.63, 3.8) is 0 Å². The lowest BCUT2D eigenvalue weighted by Gasteiger charge is -2.26. The van der Waals surface area contributed by atoms with E-state index < -0.39 is 0 Å². The van der Waals surface area contributed by atoms with Crippen molar-refractivity contribution in [3.8, 4) is 0 Å². The van der Waals surface area contributed by atoms with Crippen molar-refractivity contribution >= 4 is 40.4 Å². The Morgan fingerprint density at radius 3 is 1.48 bits per heavy atom. The van der Waals surface area contributed by atoms with Crippen molar-refractivity contribution in [2.75, 3.05) is 4.90 Å². The Balaban J connectivity index is 1.11. The van der Waals surface area contributed by atoms with Gasteiger partial charge in [0.05, 0.1) is 0 Å². The van der Waals surface area contributed by atoms with Crippen LogP contribution in [0.1, 0.15) is 62.1 Å². The van der Waals surface area contributed by atoms with Gasteiger partial charge in [-0.2, -0.15) is 0 Å². The molecule has 0 radical (unpaired) electrons. The highest BCUT2D eigenvalue weighted by atomic mass is 15.1. The summed E-state index contributed by atoms with van der Waals surface area (Å²) in [4.78, 5) is 2.39. The Morgan fingerprint density at radius 2 is 0.926 bits per heavy atom. The van der Waals surface area contributed by atoms with Gasteiger partial charge in [-0.15, -0.1) is 0 Å². The maximum Gasteiger partial charge on any atom is 0.0464 e. The van der Waals surface area contributed by atoms with Crippen LogP contribution in [0.2, 0.25) is 0 Å². The summed E-state index contributed by atoms with van der Waals surface area (Å²) in [7, 11) is 0. The molecule has 0 bridgehead atoms. The Bertz CT molecular complexity index is 2320. The van der Waals surface area contributed by atoms with E-state index in [-0.39, 0.29) is 0 Å². The van der Waals surface area contributed by atoms with E-state index in [1.165, 1.54) is 79.7 Å². The standard InChI is InChI=1S/C53H45N/c1-39-19-27-46(28-20-39)53(47-29-21-40(2)22-30-47)37-42-25-34-50(35-26-42)54(51-36-31-43-16-10-17-48(43)38-51)49-32-23-41(24-33-49)11-9-18-52(44-12-5-3-6-13-44)45-14-7-4-8-15-45/h3-9,11-15,18-38H,10,16-17H2,1-2H3/b11-9+. The molecule has 0 aliphatic heterocycles. The van der Waals surface area contributed by atoms with Crippen molar-refractivity contribution in [2.24, 2.45) is 0 Å². The SMILES string of the molecule is Cc1ccc(C(=Cc2ccc(N(c3ccc(/C=C/C=C(c4ccccc4)c4ccccc4)cc3)c3ccc4c(c3)CCC4)cc2)c2ccc(C)cc2)cc1. The van der Waals surface area contributed by atoms with Gasteiger partial charge in [-0.3, -0.25) is 0 Å². The van der Waals surface area contributed by atoms with Crippen LogP contribution < -0.4 is 4.90 Å². The summed E-state index contributed by atoms with van der Waals surface area (Å²) in [5.41, 5.74) is 18.5. The van der Waals surface area contributed by atoms with E-state index in [0.717, 1.165) is 23.4 Å². The molecule has 1 heteroatoms. The van der Waals surface area contributed by atoms with Gasteiger partial charge in [0.2, 0.25) is 0 Å². The van der Waals surface area contributed by atoms with Crippen LogP contribution >= 0.6 is 0 Å². The first-order valence-corrected chi connectivity index (χ1v) is 19.0. The van der Waals surface area contributed by atoms with Gasteiger partial charge in [0, 0.05) is 17.1 Å². The predicted molar refractivity (Wildman–Crippen MR) is 231 cm³/mol. The molecule has 262 valence electrons. The highest BCUT2D eigenvalue weighted by molar-refractivity contribution is 5.92. The molecule has 0 N–H and O–H groups in total. The maximum atomic E-state index is 2.40. The molecule has 0 atom stereocenters. The Labute approximate surface area is 320 Å². The van der Waals surface area contributed by atoms with Crippen LogP contribution in [0, 0.1) is 13.8 Å². The number of nitrogens with zero attached hydrogens (tertiary/aromatic N) is 1. The molecule has 0 aromatic heterocycles. The number of allylic oxidation sites excluding steroid dienone is 2. The fourth-order valence-electron chi connectivity index (χ4n) is 7.41. The molecule has 1 nitrogen and oxygen atoms in total. The van der Waals surface area contributed by atoms with Crippen LogP contribution in [-0.4, -0.2) is 0 Å². The quantitative estimate of drug-likeness (QED) is 0.102. The highest BCUT2D eigenvalue weighted by Gasteiger charge is 2.17. The first kappa shape index (κ1) is 34.6. The molecule has 0 heterocycles. The number of aryl methyl sites for hydroxylation is 4. The Hall–Kier alpha value is -6.44. The number of hydrogen-bond donors (Lipinski definition) is 0. The van der Waals surface area contributed by atoms with Crippen LogP contribution in [0.25, 0.3) is 23.3 Å². The van der Waals surface area contributed by atoms with Crippen molar-refractivity contribution in [2.45, 2.75) is 33.1 Å². The summed E-state index contributed by atoms with van der Waals surface area (Å²) in [5.74, 6) is 0. The molecule has 0 spiro atoms. The van der Waals surface area contributed by atoms with Crippen LogP contribution in [-0.2, 0) is 12.8 Å². The maximum absolute atomic E-state index is 2.40. The summed E-state index contributed by atoms with van der Waals surface area (Å²) in [5, 5.41) is 0. The summed E-state index contributed by atoms with van der Waals surface area (Å²) in [6, 6.07) is 63.8. The van der Waals surface area contributed by atoms with E-state index in [2.05, 4.69) is 219 Å². The van der Waals surface area contributed by atoms with Crippen molar-refractivity contribution in [1.29, 1.82) is 0 Å². The third kappa shape index (κ3) is 7.97. The normalized spacial score (nSPS) is 12.0. The van der Waals surface area contributed by atoms with E-state index in [4.69, 9.17) is 0 Å². The second-order valence-electron chi connectivity index (χ2n) is 14.3. The molecule has 8 rings (SSSR count). The summed E-state index contributed by atoms with van der Waals surface area (Å²) in [6.45, 7) is 4.28. The highest BCUT2D eigenvalue weighted by Crippen LogP contribution is 2.38. The van der Waals surface area contributed by atoms with E-state index in [1.807, 2.05) is 0 Å². The van der Waals surface area contributed by atoms with Crippen molar-refractivity contribution in [1.82, 2.24) is 0 Å². The van der Waals surface area contributed by atoms with Gasteiger partial charge in [-0.25, -0.2) is 0 Å². The molecule has 7 aromatic rings. The number of hydrogen-bond acceptors (Lipinski definition) is 1. The van der Waals surface area contributed by atoms with Crippen molar-refractivity contribution in [3.05, 3.63) is 244 Å². The average molecular weight is 696 g/mol. The topological polar surface area (TPSA) is 3.24 Å². The lowest BCUT2D eigenvalue weighted by atomic mass is 9.94. The molecule has 0 saturated heterocycles. The molecule has 0 saturated carbocycles. The summed E-state index contributed by atoms with van der Waals surface area (Å²) < 4.78 is 0. The molecule has 0 amide bonds. The zero-order valence-electron chi connectivity index (χ0n) is 31.1. The van der Waals surface area contributed by atoms with E-state index in [0.29, 0.717) is 0 Å². The van der Waals surface area contributed by atoms with E-state index in [9.17, 15) is 0 Å². The molecule has 1 aliphatic carbocycles. The fourth-order valence-corrected chi connectivity index (χ4v) is 7.41. The largest absolute Gasteiger partial charge is 0.310 e. The number of anilines is 3. The number of fused-ring (bicyclic) bond motifs is 1. The van der Waals surface area contributed by atoms with Gasteiger partial charge in [0.15, 0.2) is 0 Å². The summed E-state index contributed by atoms with van der Waals surface area (Å²) >= 11 is 0. The molecule has 7 aromatic carbocycles. The van der Waals surface area contributed by atoms with Gasteiger partial charge in [0.25, 0.3) is 0 Å². The molecule has 0 fully saturated rings. The minimum absolute atomic E-state index is 1.14. The van der Waals surface area contributed by atoms with Gasteiger partial charge in [0.1, 0.15) is 0 Å². The summed E-state index contributed by atoms with van der Waals surface area (Å²) in [6.07, 6.45) is 12.4. The van der Waals surface area contributed by atoms with Crippen LogP contribution in [0.3, 0.4) is 0 Å². The monoisotopic (exact) mass is 695 g/mol. The van der Waals surface area contributed by atoms with Gasteiger partial charge in [-0.1, -0.05) is 169 Å². The minimum Gasteiger partial charge on any atom is -0.310 e. The second kappa shape index (κ2) is 16.1. The van der Waals surface area contributed by atoms with Crippen LogP contribution in [0.15, 0.2) is 188 Å². The zero-order chi connectivity index (χ0) is 36.7. The third-order valence-electron chi connectivity index (χ3n) is 10.4. The molecular formula is C53H45N. The molecule has 0 unspecified atom stereocenters. The smallest absolute Gasteiger partial charge is 0.0464 e. The van der Waals surface area contributed by atoms with E-state index in [1.54, 1.807) is 0 Å². The Kier molecular flexibility index (Phi) is 10.3. The van der Waals surface area contributed by atoms with Crippen LogP contribution in [0.5, 0.6) is 0 Å². The Morgan fingerprint density at radius 1 is 0.444 bits per heavy atom. The number of benzene rings is 7. The fraction of sp³-hybridized carbons (Fsp3) is 0.0943. The van der Waals surface area contributed by atoms with E-state index >= 15 is 0 Å². The lowest BCUT2D eigenvalue weighted by Crippen LogP contribution is -2.10. The lowest BCUT2D eigenvalue weighted by molar-refractivity contribution is 0.912. The van der Waals surface area contributed by atoms with Crippen molar-refractivity contribution < 1.29 is 0 Å². The van der Waals surface area contributed by atoms with Crippen LogP contribution in [0.4, 0.5) is 17.1 Å². The molecule has 54 heavy (non-hydrogen) atoms. The molecular weight excluding hydrogens is 651 g/mol. The first-order valence-electron chi connectivity index (χ1n) is 19.0. The van der Waals surface area contributed by atoms with Gasteiger partial charge < -0.3 is 4.90 Å². The zero-order valence-corrected chi connectivity index (χ0v) is 31.1. The average Bonchev–Trinajstić information content (AvgIpc) is 3.70. The minimum atomic E-state index is 1.14. The first-order chi connectivity index (χ1) is 26.6. The number of rotatable bonds is 10. The molecule has 1 aliphatic rings. The third-order valence-corrected chi connectivity index (χ3v) is 10.4. The van der Waals surface area contributed by atoms with Gasteiger partial charge >= 0.3 is 0 Å². The predicted octanol–water partition coefficient (Wildman–Crippen LogP) is 14.0.